The van der Waals surface area contributed by atoms with Crippen molar-refractivity contribution in [1.82, 2.24) is 10.6 Å². The predicted molar refractivity (Wildman–Crippen MR) is 93.5 cm³/mol. The van der Waals surface area contributed by atoms with Crippen molar-refractivity contribution < 1.29 is 18.4 Å². The maximum atomic E-state index is 14.2. The molecule has 0 aromatic heterocycles. The van der Waals surface area contributed by atoms with Crippen molar-refractivity contribution in [3.05, 3.63) is 76.0 Å². The number of nitrogens with one attached hydrogen (secondary N) is 3. The van der Waals surface area contributed by atoms with Crippen molar-refractivity contribution in [3.8, 4) is 0 Å². The molecule has 0 saturated heterocycles. The standard InChI is InChI=1S/C18H14ClF2N3O2/c1-9-14(17(25)23-11-5-2-4-10(19)8-11)16(24-18(26)22-9)15-12(20)6-3-7-13(15)21/h2-8,16H,1H3,(H,23,25)(H2,22,24,26)/t16-/m1/s1. The number of hydrogen-bond donors (Lipinski definition) is 3. The molecular formula is C18H14ClF2N3O2. The Morgan fingerprint density at radius 2 is 1.81 bits per heavy atom. The first-order valence-electron chi connectivity index (χ1n) is 7.66. The zero-order valence-corrected chi connectivity index (χ0v) is 14.3. The van der Waals surface area contributed by atoms with Crippen LogP contribution in [0.1, 0.15) is 18.5 Å². The van der Waals surface area contributed by atoms with Gasteiger partial charge in [0.25, 0.3) is 5.91 Å². The summed E-state index contributed by atoms with van der Waals surface area (Å²) in [6.07, 6.45) is 0. The third-order valence-electron chi connectivity index (χ3n) is 3.88. The van der Waals surface area contributed by atoms with Crippen LogP contribution in [0.4, 0.5) is 19.3 Å². The van der Waals surface area contributed by atoms with Gasteiger partial charge in [-0.15, -0.1) is 0 Å². The van der Waals surface area contributed by atoms with Gasteiger partial charge >= 0.3 is 6.03 Å². The van der Waals surface area contributed by atoms with Crippen molar-refractivity contribution >= 4 is 29.2 Å². The third-order valence-corrected chi connectivity index (χ3v) is 4.12. The molecule has 0 saturated carbocycles. The molecule has 134 valence electrons. The second kappa shape index (κ2) is 7.13. The van der Waals surface area contributed by atoms with Crippen LogP contribution in [0.25, 0.3) is 0 Å². The van der Waals surface area contributed by atoms with Crippen LogP contribution in [0.3, 0.4) is 0 Å². The lowest BCUT2D eigenvalue weighted by Gasteiger charge is -2.29. The van der Waals surface area contributed by atoms with Crippen LogP contribution >= 0.6 is 11.6 Å². The van der Waals surface area contributed by atoms with E-state index in [0.29, 0.717) is 10.7 Å². The van der Waals surface area contributed by atoms with Gasteiger partial charge in [-0.1, -0.05) is 23.7 Å². The number of carbonyl (C=O) groups is 2. The van der Waals surface area contributed by atoms with Crippen molar-refractivity contribution in [2.75, 3.05) is 5.32 Å². The number of hydrogen-bond acceptors (Lipinski definition) is 2. The fourth-order valence-corrected chi connectivity index (χ4v) is 2.95. The van der Waals surface area contributed by atoms with Crippen LogP contribution in [-0.4, -0.2) is 11.9 Å². The van der Waals surface area contributed by atoms with Gasteiger partial charge in [0.15, 0.2) is 0 Å². The normalized spacial score (nSPS) is 16.8. The Labute approximate surface area is 153 Å². The van der Waals surface area contributed by atoms with Crippen molar-refractivity contribution in [2.45, 2.75) is 13.0 Å². The van der Waals surface area contributed by atoms with Gasteiger partial charge in [0.05, 0.1) is 17.2 Å². The van der Waals surface area contributed by atoms with Crippen LogP contribution in [0, 0.1) is 11.6 Å². The molecule has 8 heteroatoms. The molecule has 0 radical (unpaired) electrons. The first-order chi connectivity index (χ1) is 12.4. The Morgan fingerprint density at radius 3 is 2.46 bits per heavy atom. The Bertz CT molecular complexity index is 910. The van der Waals surface area contributed by atoms with E-state index in [-0.39, 0.29) is 11.3 Å². The first-order valence-corrected chi connectivity index (χ1v) is 8.03. The minimum atomic E-state index is -1.27. The Hall–Kier alpha value is -2.93. The summed E-state index contributed by atoms with van der Waals surface area (Å²) < 4.78 is 28.4. The SMILES string of the molecule is CC1=C(C(=O)Nc2cccc(Cl)c2)[C@H](c2c(F)cccc2F)NC(=O)N1. The Balaban J connectivity index is 2.02. The molecule has 3 N–H and O–H groups in total. The number of halogens is 3. The highest BCUT2D eigenvalue weighted by molar-refractivity contribution is 6.31. The van der Waals surface area contributed by atoms with Gasteiger partial charge in [-0.25, -0.2) is 13.6 Å². The van der Waals surface area contributed by atoms with Crippen LogP contribution in [0.5, 0.6) is 0 Å². The molecule has 0 bridgehead atoms. The highest BCUT2D eigenvalue weighted by Crippen LogP contribution is 2.31. The third kappa shape index (κ3) is 3.52. The smallest absolute Gasteiger partial charge is 0.319 e. The molecule has 26 heavy (non-hydrogen) atoms. The predicted octanol–water partition coefficient (Wildman–Crippen LogP) is 3.88. The molecule has 1 heterocycles. The minimum absolute atomic E-state index is 0.00595. The van der Waals surface area contributed by atoms with Gasteiger partial charge in [-0.3, -0.25) is 4.79 Å². The molecular weight excluding hydrogens is 364 g/mol. The number of anilines is 1. The summed E-state index contributed by atoms with van der Waals surface area (Å²) in [4.78, 5) is 24.6. The van der Waals surface area contributed by atoms with Gasteiger partial charge in [-0.2, -0.15) is 0 Å². The van der Waals surface area contributed by atoms with E-state index in [0.717, 1.165) is 12.1 Å². The van der Waals surface area contributed by atoms with E-state index in [4.69, 9.17) is 11.6 Å². The average molecular weight is 378 g/mol. The van der Waals surface area contributed by atoms with Gasteiger partial charge in [0, 0.05) is 16.4 Å². The summed E-state index contributed by atoms with van der Waals surface area (Å²) in [5.41, 5.74) is 0.194. The maximum Gasteiger partial charge on any atom is 0.319 e. The average Bonchev–Trinajstić information content (AvgIpc) is 2.54. The Morgan fingerprint density at radius 1 is 1.15 bits per heavy atom. The second-order valence-electron chi connectivity index (χ2n) is 5.67. The quantitative estimate of drug-likeness (QED) is 0.759. The maximum absolute atomic E-state index is 14.2. The lowest BCUT2D eigenvalue weighted by Crippen LogP contribution is -2.46. The summed E-state index contributed by atoms with van der Waals surface area (Å²) in [6.45, 7) is 1.48. The van der Waals surface area contributed by atoms with E-state index < -0.39 is 35.2 Å². The number of rotatable bonds is 3. The topological polar surface area (TPSA) is 70.2 Å². The zero-order chi connectivity index (χ0) is 18.8. The summed E-state index contributed by atoms with van der Waals surface area (Å²) in [6, 6.07) is 7.84. The van der Waals surface area contributed by atoms with E-state index in [9.17, 15) is 18.4 Å². The van der Waals surface area contributed by atoms with E-state index in [1.807, 2.05) is 0 Å². The first kappa shape index (κ1) is 17.9. The summed E-state index contributed by atoms with van der Waals surface area (Å²) in [7, 11) is 0. The van der Waals surface area contributed by atoms with Crippen LogP contribution < -0.4 is 16.0 Å². The molecule has 3 amide bonds. The molecule has 2 aromatic carbocycles. The summed E-state index contributed by atoms with van der Waals surface area (Å²) >= 11 is 5.90. The summed E-state index contributed by atoms with van der Waals surface area (Å²) in [5, 5.41) is 7.88. The zero-order valence-electron chi connectivity index (χ0n) is 13.6. The molecule has 0 aliphatic carbocycles. The van der Waals surface area contributed by atoms with E-state index >= 15 is 0 Å². The molecule has 5 nitrogen and oxygen atoms in total. The molecule has 0 fully saturated rings. The molecule has 1 atom stereocenters. The molecule has 0 unspecified atom stereocenters. The van der Waals surface area contributed by atoms with Gasteiger partial charge in [0.2, 0.25) is 0 Å². The fraction of sp³-hybridized carbons (Fsp3) is 0.111. The number of allylic oxidation sites excluding steroid dienone is 1. The number of amides is 3. The Kier molecular flexibility index (Phi) is 4.90. The van der Waals surface area contributed by atoms with E-state index in [1.165, 1.54) is 19.1 Å². The molecule has 1 aliphatic rings. The molecule has 0 spiro atoms. The lowest BCUT2D eigenvalue weighted by atomic mass is 9.94. The number of carbonyl (C=O) groups excluding carboxylic acids is 2. The van der Waals surface area contributed by atoms with E-state index in [1.54, 1.807) is 18.2 Å². The molecule has 1 aliphatic heterocycles. The van der Waals surface area contributed by atoms with Crippen LogP contribution in [0.15, 0.2) is 53.7 Å². The van der Waals surface area contributed by atoms with Gasteiger partial charge in [-0.05, 0) is 37.3 Å². The number of urea groups is 1. The lowest BCUT2D eigenvalue weighted by molar-refractivity contribution is -0.113. The highest BCUT2D eigenvalue weighted by atomic mass is 35.5. The second-order valence-corrected chi connectivity index (χ2v) is 6.11. The van der Waals surface area contributed by atoms with Crippen molar-refractivity contribution in [3.63, 3.8) is 0 Å². The molecule has 3 rings (SSSR count). The highest BCUT2D eigenvalue weighted by Gasteiger charge is 2.34. The summed E-state index contributed by atoms with van der Waals surface area (Å²) in [5.74, 6) is -2.35. The number of benzene rings is 2. The van der Waals surface area contributed by atoms with Gasteiger partial charge in [0.1, 0.15) is 11.6 Å². The van der Waals surface area contributed by atoms with Gasteiger partial charge < -0.3 is 16.0 Å². The largest absolute Gasteiger partial charge is 0.326 e. The molecule has 2 aromatic rings. The van der Waals surface area contributed by atoms with Crippen LogP contribution in [-0.2, 0) is 4.79 Å². The van der Waals surface area contributed by atoms with E-state index in [2.05, 4.69) is 16.0 Å². The van der Waals surface area contributed by atoms with Crippen LogP contribution in [0.2, 0.25) is 5.02 Å². The van der Waals surface area contributed by atoms with Crippen molar-refractivity contribution in [2.24, 2.45) is 0 Å². The van der Waals surface area contributed by atoms with Crippen molar-refractivity contribution in [1.29, 1.82) is 0 Å². The monoisotopic (exact) mass is 377 g/mol. The minimum Gasteiger partial charge on any atom is -0.326 e. The fourth-order valence-electron chi connectivity index (χ4n) is 2.76.